The predicted octanol–water partition coefficient (Wildman–Crippen LogP) is 2.66. The topological polar surface area (TPSA) is 102 Å². The quantitative estimate of drug-likeness (QED) is 0.688. The van der Waals surface area contributed by atoms with Gasteiger partial charge in [0.05, 0.1) is 16.9 Å². The second-order valence-electron chi connectivity index (χ2n) is 5.22. The highest BCUT2D eigenvalue weighted by Crippen LogP contribution is 2.33. The van der Waals surface area contributed by atoms with E-state index in [0.29, 0.717) is 17.3 Å². The summed E-state index contributed by atoms with van der Waals surface area (Å²) in [6.07, 6.45) is 3.12. The molecule has 3 rings (SSSR count). The van der Waals surface area contributed by atoms with E-state index in [1.54, 1.807) is 12.1 Å². The molecule has 0 bridgehead atoms. The van der Waals surface area contributed by atoms with Crippen LogP contribution in [0.5, 0.6) is 0 Å². The van der Waals surface area contributed by atoms with Crippen LogP contribution in [0.25, 0.3) is 11.4 Å². The van der Waals surface area contributed by atoms with Crippen LogP contribution in [0.15, 0.2) is 28.8 Å². The fourth-order valence-electron chi connectivity index (χ4n) is 2.66. The van der Waals surface area contributed by atoms with Gasteiger partial charge in [-0.3, -0.25) is 10.1 Å². The Kier molecular flexibility index (Phi) is 3.66. The van der Waals surface area contributed by atoms with Crippen LogP contribution >= 0.6 is 0 Å². The summed E-state index contributed by atoms with van der Waals surface area (Å²) >= 11 is 0. The van der Waals surface area contributed by atoms with Crippen molar-refractivity contribution in [2.75, 3.05) is 0 Å². The first kappa shape index (κ1) is 13.7. The van der Waals surface area contributed by atoms with Crippen molar-refractivity contribution in [2.24, 2.45) is 0 Å². The van der Waals surface area contributed by atoms with Gasteiger partial charge in [-0.2, -0.15) is 4.98 Å². The molecule has 0 saturated heterocycles. The molecule has 2 atom stereocenters. The number of aliphatic hydroxyl groups excluding tert-OH is 1. The van der Waals surface area contributed by atoms with Crippen LogP contribution in [0.1, 0.15) is 37.5 Å². The second kappa shape index (κ2) is 5.61. The smallest absolute Gasteiger partial charge is 0.270 e. The highest BCUT2D eigenvalue weighted by Gasteiger charge is 2.29. The Bertz CT molecular complexity index is 655. The zero-order valence-corrected chi connectivity index (χ0v) is 11.3. The number of nitro benzene ring substituents is 1. The number of rotatable bonds is 3. The highest BCUT2D eigenvalue weighted by molar-refractivity contribution is 5.58. The van der Waals surface area contributed by atoms with Crippen molar-refractivity contribution in [3.63, 3.8) is 0 Å². The number of aliphatic hydroxyl groups is 1. The Morgan fingerprint density at radius 2 is 2.14 bits per heavy atom. The maximum atomic E-state index is 10.8. The highest BCUT2D eigenvalue weighted by atomic mass is 16.6. The van der Waals surface area contributed by atoms with Crippen LogP contribution in [0.3, 0.4) is 0 Å². The maximum Gasteiger partial charge on any atom is 0.270 e. The van der Waals surface area contributed by atoms with Gasteiger partial charge >= 0.3 is 0 Å². The van der Waals surface area contributed by atoms with E-state index in [4.69, 9.17) is 4.52 Å². The minimum absolute atomic E-state index is 0.0171. The molecule has 7 heteroatoms. The number of hydrogen-bond donors (Lipinski definition) is 1. The van der Waals surface area contributed by atoms with Crippen molar-refractivity contribution in [3.05, 3.63) is 40.3 Å². The van der Waals surface area contributed by atoms with Crippen molar-refractivity contribution in [1.29, 1.82) is 0 Å². The molecule has 1 aliphatic rings. The van der Waals surface area contributed by atoms with Crippen molar-refractivity contribution >= 4 is 5.69 Å². The van der Waals surface area contributed by atoms with Gasteiger partial charge in [0.25, 0.3) is 5.69 Å². The number of aromatic nitrogens is 2. The van der Waals surface area contributed by atoms with Gasteiger partial charge < -0.3 is 9.63 Å². The van der Waals surface area contributed by atoms with E-state index in [9.17, 15) is 15.2 Å². The molecule has 0 radical (unpaired) electrons. The molecular weight excluding hydrogens is 274 g/mol. The summed E-state index contributed by atoms with van der Waals surface area (Å²) in [4.78, 5) is 14.6. The van der Waals surface area contributed by atoms with Crippen molar-refractivity contribution in [2.45, 2.75) is 37.7 Å². The maximum absolute atomic E-state index is 10.8. The molecule has 1 saturated carbocycles. The van der Waals surface area contributed by atoms with Gasteiger partial charge in [-0.1, -0.05) is 30.1 Å². The first-order valence-electron chi connectivity index (χ1n) is 6.91. The lowest BCUT2D eigenvalue weighted by Crippen LogP contribution is -2.22. The van der Waals surface area contributed by atoms with Crippen LogP contribution in [0, 0.1) is 10.1 Å². The van der Waals surface area contributed by atoms with Crippen LogP contribution in [0.2, 0.25) is 0 Å². The largest absolute Gasteiger partial charge is 0.392 e. The molecular formula is C14H15N3O4. The average molecular weight is 289 g/mol. The standard InChI is InChI=1S/C14H15N3O4/c18-12-7-2-1-6-11(12)14-15-13(16-21-14)9-4-3-5-10(8-9)17(19)20/h3-5,8,11-12,18H,1-2,6-7H2. The summed E-state index contributed by atoms with van der Waals surface area (Å²) in [6.45, 7) is 0. The number of nitro groups is 1. The lowest BCUT2D eigenvalue weighted by Gasteiger charge is -2.24. The van der Waals surface area contributed by atoms with Gasteiger partial charge in [0.1, 0.15) is 0 Å². The molecule has 1 N–H and O–H groups in total. The van der Waals surface area contributed by atoms with Gasteiger partial charge in [-0.05, 0) is 12.8 Å². The van der Waals surface area contributed by atoms with Gasteiger partial charge in [-0.15, -0.1) is 0 Å². The van der Waals surface area contributed by atoms with Crippen LogP contribution in [0.4, 0.5) is 5.69 Å². The first-order valence-corrected chi connectivity index (χ1v) is 6.91. The monoisotopic (exact) mass is 289 g/mol. The Labute approximate surface area is 120 Å². The summed E-state index contributed by atoms with van der Waals surface area (Å²) in [7, 11) is 0. The average Bonchev–Trinajstić information content (AvgIpc) is 2.97. The molecule has 2 unspecified atom stereocenters. The van der Waals surface area contributed by atoms with Gasteiger partial charge in [-0.25, -0.2) is 0 Å². The molecule has 0 amide bonds. The third-order valence-electron chi connectivity index (χ3n) is 3.80. The molecule has 110 valence electrons. The van der Waals surface area contributed by atoms with Gasteiger partial charge in [0.2, 0.25) is 11.7 Å². The Morgan fingerprint density at radius 1 is 1.33 bits per heavy atom. The molecule has 1 fully saturated rings. The van der Waals surface area contributed by atoms with Crippen LogP contribution in [-0.2, 0) is 0 Å². The molecule has 7 nitrogen and oxygen atoms in total. The SMILES string of the molecule is O=[N+]([O-])c1cccc(-c2noc(C3CCCCC3O)n2)c1. The van der Waals surface area contributed by atoms with E-state index in [0.717, 1.165) is 25.7 Å². The van der Waals surface area contributed by atoms with Crippen LogP contribution < -0.4 is 0 Å². The Hall–Kier alpha value is -2.28. The van der Waals surface area contributed by atoms with E-state index in [-0.39, 0.29) is 11.6 Å². The number of nitrogens with zero attached hydrogens (tertiary/aromatic N) is 3. The zero-order chi connectivity index (χ0) is 14.8. The lowest BCUT2D eigenvalue weighted by atomic mass is 9.86. The van der Waals surface area contributed by atoms with Crippen molar-refractivity contribution in [3.8, 4) is 11.4 Å². The third-order valence-corrected chi connectivity index (χ3v) is 3.80. The number of hydrogen-bond acceptors (Lipinski definition) is 6. The van der Waals surface area contributed by atoms with Crippen molar-refractivity contribution < 1.29 is 14.6 Å². The summed E-state index contributed by atoms with van der Waals surface area (Å²) in [5.41, 5.74) is 0.515. The zero-order valence-electron chi connectivity index (χ0n) is 11.3. The molecule has 1 aliphatic carbocycles. The normalized spacial score (nSPS) is 22.1. The molecule has 0 spiro atoms. The minimum atomic E-state index is -0.463. The Morgan fingerprint density at radius 3 is 2.90 bits per heavy atom. The first-order chi connectivity index (χ1) is 10.1. The van der Waals surface area contributed by atoms with E-state index in [1.165, 1.54) is 12.1 Å². The molecule has 1 heterocycles. The summed E-state index contributed by atoms with van der Waals surface area (Å²) < 4.78 is 5.24. The fourth-order valence-corrected chi connectivity index (χ4v) is 2.66. The molecule has 2 aromatic rings. The third kappa shape index (κ3) is 2.78. The van der Waals surface area contributed by atoms with Crippen molar-refractivity contribution in [1.82, 2.24) is 10.1 Å². The van der Waals surface area contributed by atoms with E-state index < -0.39 is 11.0 Å². The molecule has 21 heavy (non-hydrogen) atoms. The summed E-state index contributed by atoms with van der Waals surface area (Å²) in [6, 6.07) is 6.10. The van der Waals surface area contributed by atoms with E-state index in [1.807, 2.05) is 0 Å². The molecule has 1 aromatic carbocycles. The number of non-ortho nitro benzene ring substituents is 1. The van der Waals surface area contributed by atoms with E-state index in [2.05, 4.69) is 10.1 Å². The summed E-state index contributed by atoms with van der Waals surface area (Å²) in [5, 5.41) is 24.7. The number of benzene rings is 1. The lowest BCUT2D eigenvalue weighted by molar-refractivity contribution is -0.384. The molecule has 0 aliphatic heterocycles. The summed E-state index contributed by atoms with van der Waals surface area (Å²) in [5.74, 6) is 0.578. The molecule has 1 aromatic heterocycles. The van der Waals surface area contributed by atoms with Gasteiger partial charge in [0.15, 0.2) is 0 Å². The van der Waals surface area contributed by atoms with Gasteiger partial charge in [0, 0.05) is 17.7 Å². The fraction of sp³-hybridized carbons (Fsp3) is 0.429. The Balaban J connectivity index is 1.87. The van der Waals surface area contributed by atoms with Crippen LogP contribution in [-0.4, -0.2) is 26.3 Å². The minimum Gasteiger partial charge on any atom is -0.392 e. The predicted molar refractivity (Wildman–Crippen MR) is 73.6 cm³/mol. The van der Waals surface area contributed by atoms with E-state index >= 15 is 0 Å². The second-order valence-corrected chi connectivity index (χ2v) is 5.22.